The van der Waals surface area contributed by atoms with E-state index in [9.17, 15) is 9.59 Å². The number of primary amides is 1. The lowest BCUT2D eigenvalue weighted by atomic mass is 10.2. The molecule has 1 aromatic carbocycles. The Labute approximate surface area is 133 Å². The second-order valence-corrected chi connectivity index (χ2v) is 5.45. The number of benzene rings is 1. The van der Waals surface area contributed by atoms with E-state index in [1.165, 1.54) is 0 Å². The predicted molar refractivity (Wildman–Crippen MR) is 83.1 cm³/mol. The van der Waals surface area contributed by atoms with Gasteiger partial charge in [-0.25, -0.2) is 4.68 Å². The van der Waals surface area contributed by atoms with Gasteiger partial charge in [-0.3, -0.25) is 9.59 Å². The average Bonchev–Trinajstić information content (AvgIpc) is 2.97. The third kappa shape index (κ3) is 3.09. The van der Waals surface area contributed by atoms with Crippen LogP contribution in [0.1, 0.15) is 16.1 Å². The number of aromatic nitrogens is 2. The van der Waals surface area contributed by atoms with Gasteiger partial charge < -0.3 is 15.4 Å². The lowest BCUT2D eigenvalue weighted by Crippen LogP contribution is -2.50. The highest BCUT2D eigenvalue weighted by atomic mass is 16.5. The number of amides is 2. The van der Waals surface area contributed by atoms with Gasteiger partial charge in [0.05, 0.1) is 18.8 Å². The van der Waals surface area contributed by atoms with Crippen molar-refractivity contribution in [1.82, 2.24) is 14.7 Å². The van der Waals surface area contributed by atoms with E-state index in [-0.39, 0.29) is 19.1 Å². The van der Waals surface area contributed by atoms with Crippen LogP contribution in [0.3, 0.4) is 0 Å². The van der Waals surface area contributed by atoms with E-state index in [1.54, 1.807) is 9.58 Å². The standard InChI is InChI=1S/C16H18N4O3/c1-11-9-20(12-5-3-2-4-6-12)18-14(11)16(22)19-7-8-23-13(10-19)15(17)21/h2-6,9,13H,7-8,10H2,1H3,(H2,17,21). The molecule has 2 aromatic rings. The Balaban J connectivity index is 1.83. The summed E-state index contributed by atoms with van der Waals surface area (Å²) < 4.78 is 6.94. The average molecular weight is 314 g/mol. The van der Waals surface area contributed by atoms with Crippen molar-refractivity contribution in [3.63, 3.8) is 0 Å². The number of rotatable bonds is 3. The molecule has 7 heteroatoms. The molecule has 0 radical (unpaired) electrons. The van der Waals surface area contributed by atoms with Crippen molar-refractivity contribution in [3.05, 3.63) is 47.8 Å². The van der Waals surface area contributed by atoms with Crippen LogP contribution in [-0.2, 0) is 9.53 Å². The molecule has 7 nitrogen and oxygen atoms in total. The van der Waals surface area contributed by atoms with Crippen LogP contribution in [0.15, 0.2) is 36.5 Å². The molecule has 23 heavy (non-hydrogen) atoms. The van der Waals surface area contributed by atoms with Crippen molar-refractivity contribution in [3.8, 4) is 5.69 Å². The van der Waals surface area contributed by atoms with Crippen LogP contribution >= 0.6 is 0 Å². The molecule has 120 valence electrons. The first-order valence-electron chi connectivity index (χ1n) is 7.38. The van der Waals surface area contributed by atoms with Gasteiger partial charge in [-0.15, -0.1) is 0 Å². The highest BCUT2D eigenvalue weighted by molar-refractivity contribution is 5.94. The van der Waals surface area contributed by atoms with Gasteiger partial charge in [0.25, 0.3) is 5.91 Å². The fraction of sp³-hybridized carbons (Fsp3) is 0.312. The number of para-hydroxylation sites is 1. The molecule has 2 amide bonds. The first kappa shape index (κ1) is 15.2. The number of aryl methyl sites for hydroxylation is 1. The summed E-state index contributed by atoms with van der Waals surface area (Å²) in [5, 5.41) is 4.39. The van der Waals surface area contributed by atoms with E-state index in [0.717, 1.165) is 11.3 Å². The fourth-order valence-electron chi connectivity index (χ4n) is 2.54. The van der Waals surface area contributed by atoms with Crippen LogP contribution in [0, 0.1) is 6.92 Å². The Hall–Kier alpha value is -2.67. The molecule has 0 saturated carbocycles. The number of hydrogen-bond donors (Lipinski definition) is 1. The topological polar surface area (TPSA) is 90.4 Å². The molecular weight excluding hydrogens is 296 g/mol. The van der Waals surface area contributed by atoms with Gasteiger partial charge in [-0.05, 0) is 19.1 Å². The van der Waals surface area contributed by atoms with Gasteiger partial charge in [0.15, 0.2) is 11.8 Å². The van der Waals surface area contributed by atoms with Crippen molar-refractivity contribution in [1.29, 1.82) is 0 Å². The van der Waals surface area contributed by atoms with Crippen molar-refractivity contribution in [2.24, 2.45) is 5.73 Å². The first-order chi connectivity index (χ1) is 11.1. The van der Waals surface area contributed by atoms with Gasteiger partial charge in [0.2, 0.25) is 5.91 Å². The summed E-state index contributed by atoms with van der Waals surface area (Å²) in [6.45, 7) is 2.70. The maximum absolute atomic E-state index is 12.7. The zero-order chi connectivity index (χ0) is 16.4. The van der Waals surface area contributed by atoms with Crippen molar-refractivity contribution >= 4 is 11.8 Å². The summed E-state index contributed by atoms with van der Waals surface area (Å²) in [6.07, 6.45) is 1.05. The molecule has 1 saturated heterocycles. The van der Waals surface area contributed by atoms with E-state index in [1.807, 2.05) is 43.5 Å². The summed E-state index contributed by atoms with van der Waals surface area (Å²) in [5.41, 5.74) is 7.29. The smallest absolute Gasteiger partial charge is 0.274 e. The van der Waals surface area contributed by atoms with E-state index >= 15 is 0 Å². The van der Waals surface area contributed by atoms with Crippen molar-refractivity contribution < 1.29 is 14.3 Å². The van der Waals surface area contributed by atoms with Crippen LogP contribution in [0.5, 0.6) is 0 Å². The molecular formula is C16H18N4O3. The van der Waals surface area contributed by atoms with E-state index in [0.29, 0.717) is 12.2 Å². The molecule has 2 N–H and O–H groups in total. The van der Waals surface area contributed by atoms with Gasteiger partial charge in [-0.1, -0.05) is 18.2 Å². The number of nitrogens with zero attached hydrogens (tertiary/aromatic N) is 3. The predicted octanol–water partition coefficient (Wildman–Crippen LogP) is 0.507. The largest absolute Gasteiger partial charge is 0.367 e. The van der Waals surface area contributed by atoms with Gasteiger partial charge in [0.1, 0.15) is 0 Å². The van der Waals surface area contributed by atoms with E-state index in [4.69, 9.17) is 10.5 Å². The Bertz CT molecular complexity index is 726. The molecule has 1 atom stereocenters. The minimum atomic E-state index is -0.760. The second-order valence-electron chi connectivity index (χ2n) is 5.45. The minimum absolute atomic E-state index is 0.159. The quantitative estimate of drug-likeness (QED) is 0.893. The first-order valence-corrected chi connectivity index (χ1v) is 7.38. The highest BCUT2D eigenvalue weighted by Crippen LogP contribution is 2.15. The molecule has 1 aromatic heterocycles. The Morgan fingerprint density at radius 1 is 1.30 bits per heavy atom. The Kier molecular flexibility index (Phi) is 4.12. The van der Waals surface area contributed by atoms with Crippen molar-refractivity contribution in [2.75, 3.05) is 19.7 Å². The number of hydrogen-bond acceptors (Lipinski definition) is 4. The SMILES string of the molecule is Cc1cn(-c2ccccc2)nc1C(=O)N1CCOC(C(N)=O)C1. The van der Waals surface area contributed by atoms with Gasteiger partial charge >= 0.3 is 0 Å². The summed E-state index contributed by atoms with van der Waals surface area (Å²) in [7, 11) is 0. The zero-order valence-electron chi connectivity index (χ0n) is 12.8. The summed E-state index contributed by atoms with van der Waals surface area (Å²) in [5.74, 6) is -0.777. The Morgan fingerprint density at radius 2 is 2.04 bits per heavy atom. The molecule has 1 unspecified atom stereocenters. The zero-order valence-corrected chi connectivity index (χ0v) is 12.8. The molecule has 0 spiro atoms. The number of ether oxygens (including phenoxy) is 1. The van der Waals surface area contributed by atoms with E-state index < -0.39 is 12.0 Å². The van der Waals surface area contributed by atoms with Crippen molar-refractivity contribution in [2.45, 2.75) is 13.0 Å². The lowest BCUT2D eigenvalue weighted by Gasteiger charge is -2.31. The molecule has 1 aliphatic rings. The monoisotopic (exact) mass is 314 g/mol. The number of morpholine rings is 1. The van der Waals surface area contributed by atoms with Crippen LogP contribution in [-0.4, -0.2) is 52.3 Å². The second kappa shape index (κ2) is 6.21. The van der Waals surface area contributed by atoms with Crippen LogP contribution in [0.25, 0.3) is 5.69 Å². The molecule has 0 bridgehead atoms. The van der Waals surface area contributed by atoms with Gasteiger partial charge in [0, 0.05) is 18.3 Å². The molecule has 2 heterocycles. The van der Waals surface area contributed by atoms with Crippen LogP contribution < -0.4 is 5.73 Å². The summed E-state index contributed by atoms with van der Waals surface area (Å²) >= 11 is 0. The molecule has 3 rings (SSSR count). The fourth-order valence-corrected chi connectivity index (χ4v) is 2.54. The number of carbonyl (C=O) groups is 2. The van der Waals surface area contributed by atoms with Gasteiger partial charge in [-0.2, -0.15) is 5.10 Å². The Morgan fingerprint density at radius 3 is 2.74 bits per heavy atom. The molecule has 1 aliphatic heterocycles. The lowest BCUT2D eigenvalue weighted by molar-refractivity contribution is -0.133. The molecule has 1 fully saturated rings. The third-order valence-corrected chi connectivity index (χ3v) is 3.79. The number of carbonyl (C=O) groups excluding carboxylic acids is 2. The van der Waals surface area contributed by atoms with E-state index in [2.05, 4.69) is 5.10 Å². The summed E-state index contributed by atoms with van der Waals surface area (Å²) in [4.78, 5) is 25.5. The normalized spacial score (nSPS) is 18.0. The summed E-state index contributed by atoms with van der Waals surface area (Å²) in [6, 6.07) is 9.57. The maximum atomic E-state index is 12.7. The van der Waals surface area contributed by atoms with Crippen LogP contribution in [0.4, 0.5) is 0 Å². The third-order valence-electron chi connectivity index (χ3n) is 3.79. The number of nitrogens with two attached hydrogens (primary N) is 1. The molecule has 0 aliphatic carbocycles. The maximum Gasteiger partial charge on any atom is 0.274 e. The minimum Gasteiger partial charge on any atom is -0.367 e. The highest BCUT2D eigenvalue weighted by Gasteiger charge is 2.30. The van der Waals surface area contributed by atoms with Crippen LogP contribution in [0.2, 0.25) is 0 Å².